The van der Waals surface area contributed by atoms with Crippen molar-refractivity contribution in [3.8, 4) is 0 Å². The second-order valence-corrected chi connectivity index (χ2v) is 5.70. The summed E-state index contributed by atoms with van der Waals surface area (Å²) in [6, 6.07) is 1.97. The fraction of sp³-hybridized carbons (Fsp3) is 0.636. The number of aliphatic hydroxyl groups is 1. The molecule has 78 valence electrons. The van der Waals surface area contributed by atoms with Crippen LogP contribution < -0.4 is 0 Å². The second kappa shape index (κ2) is 3.84. The first-order chi connectivity index (χ1) is 6.64. The Hall–Kier alpha value is -0.0500. The first-order valence-electron chi connectivity index (χ1n) is 5.10. The van der Waals surface area contributed by atoms with Gasteiger partial charge in [-0.1, -0.05) is 31.4 Å². The van der Waals surface area contributed by atoms with E-state index in [1.54, 1.807) is 0 Å². The van der Waals surface area contributed by atoms with Crippen molar-refractivity contribution in [3.05, 3.63) is 21.3 Å². The van der Waals surface area contributed by atoms with Crippen molar-refractivity contribution in [1.82, 2.24) is 0 Å². The van der Waals surface area contributed by atoms with Crippen molar-refractivity contribution in [2.45, 2.75) is 38.2 Å². The van der Waals surface area contributed by atoms with Gasteiger partial charge in [0.25, 0.3) is 0 Å². The van der Waals surface area contributed by atoms with E-state index in [0.29, 0.717) is 5.92 Å². The largest absolute Gasteiger partial charge is 0.385 e. The van der Waals surface area contributed by atoms with Gasteiger partial charge >= 0.3 is 0 Å². The molecule has 2 rings (SSSR count). The van der Waals surface area contributed by atoms with Gasteiger partial charge in [-0.25, -0.2) is 0 Å². The summed E-state index contributed by atoms with van der Waals surface area (Å²) in [6.07, 6.45) is 4.28. The Morgan fingerprint density at radius 2 is 2.36 bits per heavy atom. The summed E-state index contributed by atoms with van der Waals surface area (Å²) in [4.78, 5) is 0. The number of thiophene rings is 1. The van der Waals surface area contributed by atoms with Crippen LogP contribution in [-0.4, -0.2) is 5.11 Å². The molecule has 2 unspecified atom stereocenters. The molecule has 1 N–H and O–H groups in total. The van der Waals surface area contributed by atoms with Crippen LogP contribution in [0.5, 0.6) is 0 Å². The minimum atomic E-state index is -0.671. The van der Waals surface area contributed by atoms with Gasteiger partial charge < -0.3 is 5.11 Å². The Kier molecular flexibility index (Phi) is 2.87. The van der Waals surface area contributed by atoms with E-state index in [9.17, 15) is 5.11 Å². The number of halogens is 1. The Bertz CT molecular complexity index is 323. The minimum absolute atomic E-state index is 0.323. The van der Waals surface area contributed by atoms with Gasteiger partial charge in [-0.2, -0.15) is 0 Å². The Morgan fingerprint density at radius 1 is 1.57 bits per heavy atom. The highest BCUT2D eigenvalue weighted by atomic mass is 35.5. The molecule has 0 amide bonds. The summed E-state index contributed by atoms with van der Waals surface area (Å²) in [6.45, 7) is 2.12. The molecule has 0 radical (unpaired) electrons. The maximum Gasteiger partial charge on any atom is 0.0989 e. The van der Waals surface area contributed by atoms with Gasteiger partial charge in [-0.05, 0) is 30.2 Å². The lowest BCUT2D eigenvalue weighted by Crippen LogP contribution is -2.36. The lowest BCUT2D eigenvalue weighted by Gasteiger charge is -2.38. The molecule has 1 saturated carbocycles. The van der Waals surface area contributed by atoms with Crippen molar-refractivity contribution in [2.75, 3.05) is 0 Å². The molecular formula is C11H15ClOS. The second-order valence-electron chi connectivity index (χ2n) is 4.18. The average molecular weight is 231 g/mol. The van der Waals surface area contributed by atoms with E-state index in [1.807, 2.05) is 11.4 Å². The molecule has 1 aromatic heterocycles. The van der Waals surface area contributed by atoms with Gasteiger partial charge in [0.2, 0.25) is 0 Å². The first kappa shape index (κ1) is 10.5. The number of rotatable bonds is 1. The summed E-state index contributed by atoms with van der Waals surface area (Å²) in [5.74, 6) is 0.323. The zero-order chi connectivity index (χ0) is 10.2. The van der Waals surface area contributed by atoms with Crippen LogP contribution in [0.15, 0.2) is 11.4 Å². The van der Waals surface area contributed by atoms with Gasteiger partial charge in [-0.15, -0.1) is 11.3 Å². The van der Waals surface area contributed by atoms with Crippen molar-refractivity contribution in [3.63, 3.8) is 0 Å². The molecule has 14 heavy (non-hydrogen) atoms. The summed E-state index contributed by atoms with van der Waals surface area (Å²) in [5.41, 5.74) is 0.270. The predicted octanol–water partition coefficient (Wildman–Crippen LogP) is 3.80. The van der Waals surface area contributed by atoms with Crippen molar-refractivity contribution in [2.24, 2.45) is 5.92 Å². The number of hydrogen-bond donors (Lipinski definition) is 1. The van der Waals surface area contributed by atoms with Crippen LogP contribution in [0.3, 0.4) is 0 Å². The SMILES string of the molecule is CC1CCCCC1(O)c1ccsc1Cl. The van der Waals surface area contributed by atoms with Crippen LogP contribution in [0.4, 0.5) is 0 Å². The van der Waals surface area contributed by atoms with Crippen LogP contribution in [0.2, 0.25) is 4.34 Å². The Morgan fingerprint density at radius 3 is 2.93 bits per heavy atom. The Balaban J connectivity index is 2.34. The average Bonchev–Trinajstić information content (AvgIpc) is 2.57. The van der Waals surface area contributed by atoms with Gasteiger partial charge in [0.15, 0.2) is 0 Å². The highest BCUT2D eigenvalue weighted by Crippen LogP contribution is 2.45. The first-order valence-corrected chi connectivity index (χ1v) is 6.36. The molecule has 1 aliphatic rings. The van der Waals surface area contributed by atoms with E-state index in [0.717, 1.165) is 29.2 Å². The molecule has 0 bridgehead atoms. The topological polar surface area (TPSA) is 20.2 Å². The molecule has 1 fully saturated rings. The summed E-state index contributed by atoms with van der Waals surface area (Å²) < 4.78 is 0.751. The van der Waals surface area contributed by atoms with Gasteiger partial charge in [0, 0.05) is 5.56 Å². The third-order valence-corrected chi connectivity index (χ3v) is 4.51. The Labute approximate surface area is 93.7 Å². The van der Waals surface area contributed by atoms with Crippen molar-refractivity contribution in [1.29, 1.82) is 0 Å². The van der Waals surface area contributed by atoms with E-state index < -0.39 is 5.60 Å². The van der Waals surface area contributed by atoms with E-state index in [2.05, 4.69) is 6.92 Å². The maximum atomic E-state index is 10.6. The quantitative estimate of drug-likeness (QED) is 0.778. The third-order valence-electron chi connectivity index (χ3n) is 3.34. The number of hydrogen-bond acceptors (Lipinski definition) is 2. The van der Waals surface area contributed by atoms with Gasteiger partial charge in [0.05, 0.1) is 9.94 Å². The van der Waals surface area contributed by atoms with Crippen molar-refractivity contribution >= 4 is 22.9 Å². The maximum absolute atomic E-state index is 10.6. The van der Waals surface area contributed by atoms with E-state index in [4.69, 9.17) is 11.6 Å². The molecule has 3 heteroatoms. The minimum Gasteiger partial charge on any atom is -0.385 e. The molecule has 0 saturated heterocycles. The van der Waals surface area contributed by atoms with Crippen LogP contribution in [0, 0.1) is 5.92 Å². The van der Waals surface area contributed by atoms with Crippen LogP contribution in [0.1, 0.15) is 38.2 Å². The van der Waals surface area contributed by atoms with Crippen LogP contribution >= 0.6 is 22.9 Å². The fourth-order valence-corrected chi connectivity index (χ4v) is 3.41. The molecular weight excluding hydrogens is 216 g/mol. The smallest absolute Gasteiger partial charge is 0.0989 e. The highest BCUT2D eigenvalue weighted by Gasteiger charge is 2.39. The normalized spacial score (nSPS) is 33.2. The van der Waals surface area contributed by atoms with Crippen LogP contribution in [-0.2, 0) is 5.60 Å². The molecule has 1 nitrogen and oxygen atoms in total. The zero-order valence-corrected chi connectivity index (χ0v) is 9.87. The summed E-state index contributed by atoms with van der Waals surface area (Å²) in [5, 5.41) is 12.6. The lowest BCUT2D eigenvalue weighted by atomic mass is 9.73. The molecule has 1 aromatic rings. The molecule has 2 atom stereocenters. The fourth-order valence-electron chi connectivity index (χ4n) is 2.34. The highest BCUT2D eigenvalue weighted by molar-refractivity contribution is 7.14. The summed E-state index contributed by atoms with van der Waals surface area (Å²) in [7, 11) is 0. The molecule has 0 aliphatic heterocycles. The molecule has 1 heterocycles. The molecule has 0 aromatic carbocycles. The monoisotopic (exact) mass is 230 g/mol. The van der Waals surface area contributed by atoms with E-state index in [-0.39, 0.29) is 0 Å². The van der Waals surface area contributed by atoms with Crippen molar-refractivity contribution < 1.29 is 5.11 Å². The molecule has 0 spiro atoms. The van der Waals surface area contributed by atoms with Crippen LogP contribution in [0.25, 0.3) is 0 Å². The van der Waals surface area contributed by atoms with Gasteiger partial charge in [0.1, 0.15) is 0 Å². The zero-order valence-electron chi connectivity index (χ0n) is 8.29. The van der Waals surface area contributed by atoms with E-state index >= 15 is 0 Å². The summed E-state index contributed by atoms with van der Waals surface area (Å²) >= 11 is 7.59. The predicted molar refractivity (Wildman–Crippen MR) is 60.9 cm³/mol. The third kappa shape index (κ3) is 1.60. The van der Waals surface area contributed by atoms with E-state index in [1.165, 1.54) is 17.8 Å². The standard InChI is InChI=1S/C11H15ClOS/c1-8-4-2-3-6-11(8,13)9-5-7-14-10(9)12/h5,7-8,13H,2-4,6H2,1H3. The lowest BCUT2D eigenvalue weighted by molar-refractivity contribution is -0.0465. The van der Waals surface area contributed by atoms with Gasteiger partial charge in [-0.3, -0.25) is 0 Å². The molecule has 1 aliphatic carbocycles.